The van der Waals surface area contributed by atoms with Crippen molar-refractivity contribution in [2.24, 2.45) is 0 Å². The van der Waals surface area contributed by atoms with E-state index in [-0.39, 0.29) is 18.2 Å². The van der Waals surface area contributed by atoms with Crippen LogP contribution in [0.2, 0.25) is 0 Å². The van der Waals surface area contributed by atoms with Crippen molar-refractivity contribution in [3.8, 4) is 11.5 Å². The Labute approximate surface area is 139 Å². The predicted molar refractivity (Wildman–Crippen MR) is 85.9 cm³/mol. The summed E-state index contributed by atoms with van der Waals surface area (Å²) in [5, 5.41) is 12.3. The van der Waals surface area contributed by atoms with Gasteiger partial charge < -0.3 is 19.9 Å². The lowest BCUT2D eigenvalue weighted by Crippen LogP contribution is -2.41. The second kappa shape index (κ2) is 6.62. The number of rotatable bonds is 4. The van der Waals surface area contributed by atoms with Gasteiger partial charge in [0.25, 0.3) is 5.91 Å². The molecule has 1 aliphatic heterocycles. The molecule has 6 nitrogen and oxygen atoms in total. The van der Waals surface area contributed by atoms with E-state index in [4.69, 9.17) is 9.47 Å². The number of phenolic OH excluding ortho intramolecular Hbond substituents is 1. The van der Waals surface area contributed by atoms with Crippen LogP contribution in [0.1, 0.15) is 21.5 Å². The zero-order valence-corrected chi connectivity index (χ0v) is 13.1. The number of carbonyl (C=O) groups excluding carboxylic acids is 2. The van der Waals surface area contributed by atoms with E-state index in [2.05, 4.69) is 5.32 Å². The van der Waals surface area contributed by atoms with Crippen molar-refractivity contribution in [2.45, 2.75) is 19.1 Å². The summed E-state index contributed by atoms with van der Waals surface area (Å²) in [6, 6.07) is 11.9. The normalized spacial score (nSPS) is 16.0. The van der Waals surface area contributed by atoms with Gasteiger partial charge in [0.1, 0.15) is 0 Å². The first-order valence-electron chi connectivity index (χ1n) is 7.51. The first-order chi connectivity index (χ1) is 11.6. The highest BCUT2D eigenvalue weighted by Crippen LogP contribution is 2.26. The van der Waals surface area contributed by atoms with Crippen molar-refractivity contribution in [2.75, 3.05) is 7.11 Å². The predicted octanol–water partition coefficient (Wildman–Crippen LogP) is 1.80. The molecule has 0 unspecified atom stereocenters. The zero-order chi connectivity index (χ0) is 17.1. The summed E-state index contributed by atoms with van der Waals surface area (Å²) in [5.41, 5.74) is 2.07. The van der Waals surface area contributed by atoms with Crippen LogP contribution in [0.5, 0.6) is 11.5 Å². The number of amides is 1. The van der Waals surface area contributed by atoms with Crippen LogP contribution in [-0.2, 0) is 22.5 Å². The van der Waals surface area contributed by atoms with Gasteiger partial charge in [0, 0.05) is 13.0 Å². The number of cyclic esters (lactones) is 1. The Morgan fingerprint density at radius 1 is 1.33 bits per heavy atom. The average Bonchev–Trinajstić information content (AvgIpc) is 2.60. The number of fused-ring (bicyclic) bond motifs is 1. The minimum absolute atomic E-state index is 0.0328. The molecule has 0 saturated heterocycles. The number of hydrogen-bond donors (Lipinski definition) is 2. The maximum Gasteiger partial charge on any atom is 0.339 e. The van der Waals surface area contributed by atoms with Crippen LogP contribution in [0, 0.1) is 0 Å². The highest BCUT2D eigenvalue weighted by atomic mass is 16.5. The quantitative estimate of drug-likeness (QED) is 0.837. The molecule has 0 radical (unpaired) electrons. The van der Waals surface area contributed by atoms with Gasteiger partial charge in [0.2, 0.25) is 0 Å². The topological polar surface area (TPSA) is 84.9 Å². The Kier molecular flexibility index (Phi) is 4.37. The second-order valence-electron chi connectivity index (χ2n) is 5.48. The van der Waals surface area contributed by atoms with Gasteiger partial charge in [-0.25, -0.2) is 4.79 Å². The first-order valence-corrected chi connectivity index (χ1v) is 7.51. The summed E-state index contributed by atoms with van der Waals surface area (Å²) in [6.45, 7) is 0.241. The molecule has 0 aliphatic carbocycles. The smallest absolute Gasteiger partial charge is 0.339 e. The molecule has 0 bridgehead atoms. The van der Waals surface area contributed by atoms with E-state index >= 15 is 0 Å². The Hall–Kier alpha value is -3.02. The molecule has 3 rings (SSSR count). The van der Waals surface area contributed by atoms with E-state index in [9.17, 15) is 14.7 Å². The van der Waals surface area contributed by atoms with Gasteiger partial charge in [-0.3, -0.25) is 4.79 Å². The Bertz CT molecular complexity index is 787. The van der Waals surface area contributed by atoms with Crippen molar-refractivity contribution < 1.29 is 24.2 Å². The molecular weight excluding hydrogens is 310 g/mol. The molecule has 0 fully saturated rings. The molecule has 124 valence electrons. The summed E-state index contributed by atoms with van der Waals surface area (Å²) >= 11 is 0. The highest BCUT2D eigenvalue weighted by Gasteiger charge is 2.30. The monoisotopic (exact) mass is 327 g/mol. The third-order valence-electron chi connectivity index (χ3n) is 3.90. The summed E-state index contributed by atoms with van der Waals surface area (Å²) in [5.74, 6) is -0.474. The van der Waals surface area contributed by atoms with Gasteiger partial charge in [-0.15, -0.1) is 0 Å². The molecule has 1 atom stereocenters. The lowest BCUT2D eigenvalue weighted by molar-refractivity contribution is -0.130. The SMILES string of the molecule is COc1cc(CNC(=O)[C@@H]2Cc3ccccc3C(=O)O2)ccc1O. The van der Waals surface area contributed by atoms with Crippen molar-refractivity contribution >= 4 is 11.9 Å². The molecule has 2 aromatic carbocycles. The first kappa shape index (κ1) is 15.9. The Morgan fingerprint density at radius 3 is 2.92 bits per heavy atom. The van der Waals surface area contributed by atoms with E-state index < -0.39 is 12.1 Å². The summed E-state index contributed by atoms with van der Waals surface area (Å²) in [7, 11) is 1.45. The summed E-state index contributed by atoms with van der Waals surface area (Å²) in [6.07, 6.45) is -0.487. The van der Waals surface area contributed by atoms with Gasteiger partial charge in [0.05, 0.1) is 12.7 Å². The van der Waals surface area contributed by atoms with Crippen molar-refractivity contribution in [3.63, 3.8) is 0 Å². The van der Waals surface area contributed by atoms with E-state index in [0.717, 1.165) is 11.1 Å². The maximum atomic E-state index is 12.3. The van der Waals surface area contributed by atoms with Crippen LogP contribution in [-0.4, -0.2) is 30.2 Å². The Morgan fingerprint density at radius 2 is 2.12 bits per heavy atom. The van der Waals surface area contributed by atoms with Crippen molar-refractivity contribution in [1.29, 1.82) is 0 Å². The van der Waals surface area contributed by atoms with Crippen molar-refractivity contribution in [1.82, 2.24) is 5.32 Å². The molecule has 6 heteroatoms. The number of ether oxygens (including phenoxy) is 2. The molecule has 2 N–H and O–H groups in total. The summed E-state index contributed by atoms with van der Waals surface area (Å²) < 4.78 is 10.2. The van der Waals surface area contributed by atoms with Crippen LogP contribution in [0.3, 0.4) is 0 Å². The lowest BCUT2D eigenvalue weighted by Gasteiger charge is -2.23. The highest BCUT2D eigenvalue weighted by molar-refractivity contribution is 5.95. The number of esters is 1. The average molecular weight is 327 g/mol. The van der Waals surface area contributed by atoms with Gasteiger partial charge >= 0.3 is 5.97 Å². The maximum absolute atomic E-state index is 12.3. The number of methoxy groups -OCH3 is 1. The number of phenols is 1. The molecule has 0 aromatic heterocycles. The number of benzene rings is 2. The zero-order valence-electron chi connectivity index (χ0n) is 13.1. The minimum atomic E-state index is -0.841. The molecule has 24 heavy (non-hydrogen) atoms. The van der Waals surface area contributed by atoms with Crippen LogP contribution >= 0.6 is 0 Å². The summed E-state index contributed by atoms with van der Waals surface area (Å²) in [4.78, 5) is 24.2. The standard InChI is InChI=1S/C18H17NO5/c1-23-15-8-11(6-7-14(15)20)10-19-17(21)16-9-12-4-2-3-5-13(12)18(22)24-16/h2-8,16,20H,9-10H2,1H3,(H,19,21)/t16-/m0/s1. The molecule has 0 spiro atoms. The Balaban J connectivity index is 1.65. The molecule has 1 aliphatic rings. The molecule has 2 aromatic rings. The molecule has 1 amide bonds. The fourth-order valence-electron chi connectivity index (χ4n) is 2.61. The van der Waals surface area contributed by atoms with E-state index in [1.54, 1.807) is 24.3 Å². The number of aromatic hydroxyl groups is 1. The third-order valence-corrected chi connectivity index (χ3v) is 3.90. The van der Waals surface area contributed by atoms with Gasteiger partial charge in [-0.1, -0.05) is 24.3 Å². The van der Waals surface area contributed by atoms with E-state index in [1.807, 2.05) is 12.1 Å². The third kappa shape index (κ3) is 3.17. The van der Waals surface area contributed by atoms with Crippen LogP contribution in [0.15, 0.2) is 42.5 Å². The fourth-order valence-corrected chi connectivity index (χ4v) is 2.61. The van der Waals surface area contributed by atoms with Crippen LogP contribution < -0.4 is 10.1 Å². The van der Waals surface area contributed by atoms with Gasteiger partial charge in [0.15, 0.2) is 17.6 Å². The van der Waals surface area contributed by atoms with Gasteiger partial charge in [-0.2, -0.15) is 0 Å². The number of carbonyl (C=O) groups is 2. The number of nitrogens with one attached hydrogen (secondary N) is 1. The van der Waals surface area contributed by atoms with Crippen molar-refractivity contribution in [3.05, 3.63) is 59.2 Å². The van der Waals surface area contributed by atoms with Crippen LogP contribution in [0.25, 0.3) is 0 Å². The lowest BCUT2D eigenvalue weighted by atomic mass is 9.98. The fraction of sp³-hybridized carbons (Fsp3) is 0.222. The number of hydrogen-bond acceptors (Lipinski definition) is 5. The van der Waals surface area contributed by atoms with E-state index in [1.165, 1.54) is 13.2 Å². The largest absolute Gasteiger partial charge is 0.504 e. The van der Waals surface area contributed by atoms with Gasteiger partial charge in [-0.05, 0) is 29.3 Å². The molecule has 1 heterocycles. The molecular formula is C18H17NO5. The van der Waals surface area contributed by atoms with Crippen LogP contribution in [0.4, 0.5) is 0 Å². The minimum Gasteiger partial charge on any atom is -0.504 e. The molecule has 0 saturated carbocycles. The second-order valence-corrected chi connectivity index (χ2v) is 5.48. The van der Waals surface area contributed by atoms with E-state index in [0.29, 0.717) is 17.7 Å².